The zero-order valence-electron chi connectivity index (χ0n) is 16.3. The molecule has 2 amide bonds. The van der Waals surface area contributed by atoms with E-state index in [9.17, 15) is 18.4 Å². The molecule has 152 valence electrons. The third-order valence-electron chi connectivity index (χ3n) is 4.40. The van der Waals surface area contributed by atoms with Crippen molar-refractivity contribution in [2.75, 3.05) is 18.4 Å². The first kappa shape index (κ1) is 20.4. The van der Waals surface area contributed by atoms with E-state index in [2.05, 4.69) is 15.4 Å². The Bertz CT molecular complexity index is 1040. The summed E-state index contributed by atoms with van der Waals surface area (Å²) in [4.78, 5) is 30.6. The number of anilines is 1. The minimum absolute atomic E-state index is 0.121. The van der Waals surface area contributed by atoms with E-state index in [1.165, 1.54) is 17.2 Å². The molecular weight excluding hydrogens is 380 g/mol. The Labute approximate surface area is 166 Å². The summed E-state index contributed by atoms with van der Waals surface area (Å²) in [6, 6.07) is 5.07. The van der Waals surface area contributed by atoms with Crippen LogP contribution >= 0.6 is 0 Å². The number of nitrogens with zero attached hydrogens (tertiary/aromatic N) is 4. The molecule has 0 aliphatic carbocycles. The smallest absolute Gasteiger partial charge is 0.255 e. The van der Waals surface area contributed by atoms with Crippen LogP contribution in [0.15, 0.2) is 36.7 Å². The van der Waals surface area contributed by atoms with Crippen LogP contribution in [0, 0.1) is 11.6 Å². The molecule has 29 heavy (non-hydrogen) atoms. The number of likely N-dealkylation sites (N-methyl/N-ethyl adjacent to an activating group) is 1. The molecule has 0 saturated carbocycles. The first-order valence-corrected chi connectivity index (χ1v) is 9.18. The van der Waals surface area contributed by atoms with Crippen LogP contribution in [0.4, 0.5) is 14.5 Å². The molecule has 3 rings (SSSR count). The van der Waals surface area contributed by atoms with Gasteiger partial charge in [0.2, 0.25) is 5.91 Å². The van der Waals surface area contributed by atoms with Crippen LogP contribution in [0.2, 0.25) is 0 Å². The second kappa shape index (κ2) is 8.34. The summed E-state index contributed by atoms with van der Waals surface area (Å²) in [6.07, 6.45) is 3.06. The predicted octanol–water partition coefficient (Wildman–Crippen LogP) is 3.39. The van der Waals surface area contributed by atoms with E-state index in [4.69, 9.17) is 0 Å². The number of hydrogen-bond donors (Lipinski definition) is 1. The van der Waals surface area contributed by atoms with Crippen molar-refractivity contribution in [2.24, 2.45) is 0 Å². The zero-order chi connectivity index (χ0) is 21.1. The van der Waals surface area contributed by atoms with Gasteiger partial charge in [0.05, 0.1) is 11.8 Å². The Hall–Kier alpha value is -3.36. The van der Waals surface area contributed by atoms with Crippen LogP contribution in [0.3, 0.4) is 0 Å². The number of pyridine rings is 1. The van der Waals surface area contributed by atoms with E-state index >= 15 is 0 Å². The van der Waals surface area contributed by atoms with Crippen LogP contribution in [0.25, 0.3) is 11.0 Å². The Morgan fingerprint density at radius 1 is 1.21 bits per heavy atom. The summed E-state index contributed by atoms with van der Waals surface area (Å²) in [6.45, 7) is 5.53. The van der Waals surface area contributed by atoms with Crippen molar-refractivity contribution in [1.82, 2.24) is 19.7 Å². The molecule has 3 aromatic rings. The van der Waals surface area contributed by atoms with Crippen molar-refractivity contribution < 1.29 is 18.4 Å². The van der Waals surface area contributed by atoms with Crippen molar-refractivity contribution in [1.29, 1.82) is 0 Å². The van der Waals surface area contributed by atoms with Gasteiger partial charge in [0.15, 0.2) is 5.65 Å². The largest absolute Gasteiger partial charge is 0.330 e. The molecule has 0 radical (unpaired) electrons. The van der Waals surface area contributed by atoms with Gasteiger partial charge in [0.1, 0.15) is 23.9 Å². The van der Waals surface area contributed by atoms with Gasteiger partial charge in [-0.25, -0.2) is 18.4 Å². The van der Waals surface area contributed by atoms with E-state index in [0.29, 0.717) is 16.6 Å². The molecule has 0 aliphatic rings. The minimum Gasteiger partial charge on any atom is -0.330 e. The summed E-state index contributed by atoms with van der Waals surface area (Å²) >= 11 is 0. The highest BCUT2D eigenvalue weighted by Crippen LogP contribution is 2.19. The van der Waals surface area contributed by atoms with Gasteiger partial charge < -0.3 is 10.2 Å². The fourth-order valence-corrected chi connectivity index (χ4v) is 2.91. The zero-order valence-corrected chi connectivity index (χ0v) is 16.3. The maximum atomic E-state index is 13.7. The fraction of sp³-hybridized carbons (Fsp3) is 0.300. The van der Waals surface area contributed by atoms with E-state index in [1.54, 1.807) is 23.9 Å². The van der Waals surface area contributed by atoms with Gasteiger partial charge in [-0.3, -0.25) is 9.59 Å². The van der Waals surface area contributed by atoms with Crippen molar-refractivity contribution in [3.05, 3.63) is 53.9 Å². The Balaban J connectivity index is 1.76. The van der Waals surface area contributed by atoms with Gasteiger partial charge in [-0.05, 0) is 39.0 Å². The average Bonchev–Trinajstić information content (AvgIpc) is 3.12. The molecule has 0 bridgehead atoms. The van der Waals surface area contributed by atoms with Crippen LogP contribution in [0.1, 0.15) is 37.2 Å². The molecule has 1 N–H and O–H groups in total. The number of carbonyl (C=O) groups excluding carboxylic acids is 2. The highest BCUT2D eigenvalue weighted by atomic mass is 19.1. The van der Waals surface area contributed by atoms with Gasteiger partial charge in [-0.2, -0.15) is 5.10 Å². The molecule has 1 aromatic carbocycles. The van der Waals surface area contributed by atoms with E-state index in [0.717, 1.165) is 12.1 Å². The van der Waals surface area contributed by atoms with Crippen molar-refractivity contribution in [3.63, 3.8) is 0 Å². The number of para-hydroxylation sites is 1. The maximum Gasteiger partial charge on any atom is 0.255 e. The lowest BCUT2D eigenvalue weighted by Gasteiger charge is -2.20. The highest BCUT2D eigenvalue weighted by molar-refractivity contribution is 6.00. The molecule has 0 atom stereocenters. The quantitative estimate of drug-likeness (QED) is 0.687. The normalized spacial score (nSPS) is 11.1. The van der Waals surface area contributed by atoms with Crippen molar-refractivity contribution in [3.8, 4) is 0 Å². The first-order chi connectivity index (χ1) is 13.8. The van der Waals surface area contributed by atoms with Crippen LogP contribution in [-0.4, -0.2) is 44.6 Å². The predicted molar refractivity (Wildman–Crippen MR) is 104 cm³/mol. The SMILES string of the molecule is CCN(CC(=O)Nc1c(F)cccc1F)C(=O)c1cnc2c(cnn2C(C)C)c1. The van der Waals surface area contributed by atoms with Crippen molar-refractivity contribution in [2.45, 2.75) is 26.8 Å². The van der Waals surface area contributed by atoms with Gasteiger partial charge >= 0.3 is 0 Å². The van der Waals surface area contributed by atoms with Crippen LogP contribution in [-0.2, 0) is 4.79 Å². The van der Waals surface area contributed by atoms with Crippen molar-refractivity contribution >= 4 is 28.5 Å². The number of fused-ring (bicyclic) bond motifs is 1. The van der Waals surface area contributed by atoms with E-state index < -0.39 is 29.1 Å². The molecule has 0 aliphatic heterocycles. The number of amides is 2. The van der Waals surface area contributed by atoms with Crippen LogP contribution < -0.4 is 5.32 Å². The number of hydrogen-bond acceptors (Lipinski definition) is 4. The first-order valence-electron chi connectivity index (χ1n) is 9.18. The third-order valence-corrected chi connectivity index (χ3v) is 4.40. The molecular formula is C20H21F2N5O2. The monoisotopic (exact) mass is 401 g/mol. The second-order valence-corrected chi connectivity index (χ2v) is 6.78. The van der Waals surface area contributed by atoms with Gasteiger partial charge in [0.25, 0.3) is 5.91 Å². The number of benzene rings is 1. The minimum atomic E-state index is -0.885. The van der Waals surface area contributed by atoms with Gasteiger partial charge in [-0.15, -0.1) is 0 Å². The molecule has 2 heterocycles. The Morgan fingerprint density at radius 3 is 2.52 bits per heavy atom. The summed E-state index contributed by atoms with van der Waals surface area (Å²) in [7, 11) is 0. The lowest BCUT2D eigenvalue weighted by atomic mass is 10.2. The molecule has 0 fully saturated rings. The summed E-state index contributed by atoms with van der Waals surface area (Å²) in [5, 5.41) is 7.16. The number of aromatic nitrogens is 3. The number of halogens is 2. The number of rotatable bonds is 6. The molecule has 0 spiro atoms. The average molecular weight is 401 g/mol. The molecule has 7 nitrogen and oxygen atoms in total. The molecule has 0 saturated heterocycles. The lowest BCUT2D eigenvalue weighted by molar-refractivity contribution is -0.116. The topological polar surface area (TPSA) is 80.1 Å². The maximum absolute atomic E-state index is 13.7. The molecule has 2 aromatic heterocycles. The summed E-state index contributed by atoms with van der Waals surface area (Å²) < 4.78 is 29.2. The third kappa shape index (κ3) is 4.23. The van der Waals surface area contributed by atoms with E-state index in [1.807, 2.05) is 13.8 Å². The summed E-state index contributed by atoms with van der Waals surface area (Å²) in [5.74, 6) is -2.89. The van der Waals surface area contributed by atoms with Crippen LogP contribution in [0.5, 0.6) is 0 Å². The number of nitrogens with one attached hydrogen (secondary N) is 1. The number of carbonyl (C=O) groups is 2. The molecule has 9 heteroatoms. The Kier molecular flexibility index (Phi) is 5.86. The standard InChI is InChI=1S/C20H21F2N5O2/c1-4-26(11-17(28)25-18-15(21)6-5-7-16(18)22)20(29)14-8-13-10-24-27(12(2)3)19(13)23-9-14/h5-10,12H,4,11H2,1-3H3,(H,25,28). The highest BCUT2D eigenvalue weighted by Gasteiger charge is 2.20. The second-order valence-electron chi connectivity index (χ2n) is 6.78. The summed E-state index contributed by atoms with van der Waals surface area (Å²) in [5.41, 5.74) is 0.421. The van der Waals surface area contributed by atoms with E-state index in [-0.39, 0.29) is 19.1 Å². The molecule has 0 unspecified atom stereocenters. The fourth-order valence-electron chi connectivity index (χ4n) is 2.91. The lowest BCUT2D eigenvalue weighted by Crippen LogP contribution is -2.38. The van der Waals surface area contributed by atoms with Gasteiger partial charge in [-0.1, -0.05) is 6.07 Å². The van der Waals surface area contributed by atoms with Gasteiger partial charge in [0, 0.05) is 24.2 Å². The Morgan fingerprint density at radius 2 is 1.90 bits per heavy atom.